The molecule has 0 radical (unpaired) electrons. The summed E-state index contributed by atoms with van der Waals surface area (Å²) in [6.45, 7) is 5.17. The summed E-state index contributed by atoms with van der Waals surface area (Å²) in [6, 6.07) is 0. The highest BCUT2D eigenvalue weighted by atomic mass is 16.7. The molecule has 0 aromatic carbocycles. The Balaban J connectivity index is 2.36. The topological polar surface area (TPSA) is 55.8 Å². The molecule has 0 saturated heterocycles. The zero-order chi connectivity index (χ0) is 12.0. The molecule has 0 atom stereocenters. The molecule has 1 heterocycles. The second-order valence-corrected chi connectivity index (χ2v) is 3.29. The van der Waals surface area contributed by atoms with Crippen LogP contribution in [0.1, 0.15) is 20.3 Å². The van der Waals surface area contributed by atoms with Crippen molar-refractivity contribution in [3.05, 3.63) is 12.2 Å². The molecule has 0 saturated carbocycles. The number of rotatable bonds is 7. The van der Waals surface area contributed by atoms with Crippen LogP contribution in [0.4, 0.5) is 0 Å². The maximum Gasteiger partial charge on any atom is 0.253 e. The summed E-state index contributed by atoms with van der Waals surface area (Å²) in [6.07, 6.45) is 2.70. The highest BCUT2D eigenvalue weighted by Gasteiger charge is 2.24. The van der Waals surface area contributed by atoms with Gasteiger partial charge in [0.05, 0.1) is 0 Å². The van der Waals surface area contributed by atoms with Crippen LogP contribution in [-0.2, 0) is 19.1 Å². The van der Waals surface area contributed by atoms with E-state index in [-0.39, 0.29) is 18.1 Å². The van der Waals surface area contributed by atoms with Gasteiger partial charge in [0.1, 0.15) is 0 Å². The maximum atomic E-state index is 11.2. The first kappa shape index (κ1) is 12.9. The van der Waals surface area contributed by atoms with Gasteiger partial charge in [-0.2, -0.15) is 0 Å². The van der Waals surface area contributed by atoms with Gasteiger partial charge >= 0.3 is 0 Å². The lowest BCUT2D eigenvalue weighted by Crippen LogP contribution is -2.34. The number of imide groups is 1. The summed E-state index contributed by atoms with van der Waals surface area (Å²) in [4.78, 5) is 23.7. The molecule has 1 rings (SSSR count). The van der Waals surface area contributed by atoms with E-state index in [4.69, 9.17) is 9.47 Å². The van der Waals surface area contributed by atoms with Gasteiger partial charge in [-0.25, -0.2) is 0 Å². The van der Waals surface area contributed by atoms with Gasteiger partial charge < -0.3 is 9.47 Å². The van der Waals surface area contributed by atoms with Crippen LogP contribution < -0.4 is 0 Å². The molecule has 0 aliphatic carbocycles. The van der Waals surface area contributed by atoms with Crippen molar-refractivity contribution < 1.29 is 19.1 Å². The van der Waals surface area contributed by atoms with Gasteiger partial charge in [-0.05, 0) is 13.8 Å². The molecule has 0 unspecified atom stereocenters. The molecule has 5 nitrogen and oxygen atoms in total. The Kier molecular flexibility index (Phi) is 5.14. The number of amides is 2. The average molecular weight is 227 g/mol. The predicted octanol–water partition coefficient (Wildman–Crippen LogP) is 0.701. The van der Waals surface area contributed by atoms with E-state index in [9.17, 15) is 9.59 Å². The summed E-state index contributed by atoms with van der Waals surface area (Å²) in [7, 11) is 0. The zero-order valence-corrected chi connectivity index (χ0v) is 9.64. The van der Waals surface area contributed by atoms with E-state index in [1.807, 2.05) is 13.8 Å². The molecule has 1 aliphatic rings. The Morgan fingerprint density at radius 3 is 2.06 bits per heavy atom. The summed E-state index contributed by atoms with van der Waals surface area (Å²) < 4.78 is 10.6. The van der Waals surface area contributed by atoms with Gasteiger partial charge in [0.25, 0.3) is 11.8 Å². The molecule has 16 heavy (non-hydrogen) atoms. The Hall–Kier alpha value is -1.20. The molecule has 0 bridgehead atoms. The van der Waals surface area contributed by atoms with Crippen LogP contribution in [0.3, 0.4) is 0 Å². The highest BCUT2D eigenvalue weighted by molar-refractivity contribution is 6.12. The smallest absolute Gasteiger partial charge is 0.253 e. The second kappa shape index (κ2) is 6.40. The van der Waals surface area contributed by atoms with Crippen molar-refractivity contribution in [3.63, 3.8) is 0 Å². The number of carbonyl (C=O) groups is 2. The van der Waals surface area contributed by atoms with Gasteiger partial charge in [0, 0.05) is 38.3 Å². The third-order valence-corrected chi connectivity index (χ3v) is 2.19. The largest absolute Gasteiger partial charge is 0.353 e. The molecule has 5 heteroatoms. The third kappa shape index (κ3) is 3.43. The molecule has 90 valence electrons. The van der Waals surface area contributed by atoms with Crippen molar-refractivity contribution in [2.24, 2.45) is 0 Å². The Morgan fingerprint density at radius 2 is 1.62 bits per heavy atom. The monoisotopic (exact) mass is 227 g/mol. The zero-order valence-electron chi connectivity index (χ0n) is 9.64. The first-order chi connectivity index (χ1) is 7.69. The standard InChI is InChI=1S/C11H17NO4/c1-3-15-11(16-4-2)7-8-12-9(13)5-6-10(12)14/h5-6,11H,3-4,7-8H2,1-2H3. The number of nitrogens with zero attached hydrogens (tertiary/aromatic N) is 1. The molecule has 0 aromatic heterocycles. The van der Waals surface area contributed by atoms with Gasteiger partial charge in [-0.1, -0.05) is 0 Å². The van der Waals surface area contributed by atoms with Gasteiger partial charge in [-0.15, -0.1) is 0 Å². The van der Waals surface area contributed by atoms with Crippen molar-refractivity contribution >= 4 is 11.8 Å². The molecule has 0 N–H and O–H groups in total. The van der Waals surface area contributed by atoms with E-state index in [0.717, 1.165) is 0 Å². The molecule has 0 fully saturated rings. The molecular weight excluding hydrogens is 210 g/mol. The SMILES string of the molecule is CCOC(CCN1C(=O)C=CC1=O)OCC. The van der Waals surface area contributed by atoms with E-state index in [0.29, 0.717) is 26.2 Å². The number of hydrogen-bond donors (Lipinski definition) is 0. The second-order valence-electron chi connectivity index (χ2n) is 3.29. The minimum absolute atomic E-state index is 0.267. The molecule has 1 aliphatic heterocycles. The summed E-state index contributed by atoms with van der Waals surface area (Å²) in [5.74, 6) is -0.534. The first-order valence-electron chi connectivity index (χ1n) is 5.45. The van der Waals surface area contributed by atoms with E-state index in [1.54, 1.807) is 0 Å². The summed E-state index contributed by atoms with van der Waals surface area (Å²) >= 11 is 0. The minimum Gasteiger partial charge on any atom is -0.353 e. The van der Waals surface area contributed by atoms with Gasteiger partial charge in [-0.3, -0.25) is 14.5 Å². The van der Waals surface area contributed by atoms with Crippen molar-refractivity contribution in [1.29, 1.82) is 0 Å². The number of ether oxygens (including phenoxy) is 2. The van der Waals surface area contributed by atoms with Crippen LogP contribution in [0.15, 0.2) is 12.2 Å². The average Bonchev–Trinajstić information content (AvgIpc) is 2.56. The van der Waals surface area contributed by atoms with Crippen molar-refractivity contribution in [3.8, 4) is 0 Å². The Bertz CT molecular complexity index is 264. The van der Waals surface area contributed by atoms with Gasteiger partial charge in [0.15, 0.2) is 6.29 Å². The fourth-order valence-electron chi connectivity index (χ4n) is 1.47. The predicted molar refractivity (Wildman–Crippen MR) is 57.5 cm³/mol. The molecule has 0 spiro atoms. The van der Waals surface area contributed by atoms with E-state index >= 15 is 0 Å². The normalized spacial score (nSPS) is 15.6. The highest BCUT2D eigenvalue weighted by Crippen LogP contribution is 2.08. The Morgan fingerprint density at radius 1 is 1.12 bits per heavy atom. The lowest BCUT2D eigenvalue weighted by molar-refractivity contribution is -0.148. The van der Waals surface area contributed by atoms with Crippen LogP contribution >= 0.6 is 0 Å². The lowest BCUT2D eigenvalue weighted by Gasteiger charge is -2.20. The van der Waals surface area contributed by atoms with Gasteiger partial charge in [0.2, 0.25) is 0 Å². The van der Waals surface area contributed by atoms with Crippen LogP contribution in [0.2, 0.25) is 0 Å². The molecule has 0 aromatic rings. The fourth-order valence-corrected chi connectivity index (χ4v) is 1.47. The van der Waals surface area contributed by atoms with Crippen molar-refractivity contribution in [2.45, 2.75) is 26.6 Å². The van der Waals surface area contributed by atoms with Crippen molar-refractivity contribution in [1.82, 2.24) is 4.90 Å². The van der Waals surface area contributed by atoms with E-state index in [1.165, 1.54) is 17.1 Å². The Labute approximate surface area is 95.0 Å². The van der Waals surface area contributed by atoms with E-state index in [2.05, 4.69) is 0 Å². The number of hydrogen-bond acceptors (Lipinski definition) is 4. The third-order valence-electron chi connectivity index (χ3n) is 2.19. The van der Waals surface area contributed by atoms with E-state index < -0.39 is 0 Å². The van der Waals surface area contributed by atoms with Crippen LogP contribution in [0.25, 0.3) is 0 Å². The first-order valence-corrected chi connectivity index (χ1v) is 5.45. The van der Waals surface area contributed by atoms with Crippen LogP contribution in [-0.4, -0.2) is 42.8 Å². The summed E-state index contributed by atoms with van der Waals surface area (Å²) in [5.41, 5.74) is 0. The molecular formula is C11H17NO4. The quantitative estimate of drug-likeness (QED) is 0.474. The number of carbonyl (C=O) groups excluding carboxylic acids is 2. The minimum atomic E-state index is -0.351. The molecule has 2 amide bonds. The lowest BCUT2D eigenvalue weighted by atomic mass is 10.3. The van der Waals surface area contributed by atoms with Crippen molar-refractivity contribution in [2.75, 3.05) is 19.8 Å². The van der Waals surface area contributed by atoms with Crippen LogP contribution in [0.5, 0.6) is 0 Å². The maximum absolute atomic E-state index is 11.2. The van der Waals surface area contributed by atoms with Crippen LogP contribution in [0, 0.1) is 0 Å². The fraction of sp³-hybridized carbons (Fsp3) is 0.636. The summed E-state index contributed by atoms with van der Waals surface area (Å²) in [5, 5.41) is 0.